The number of hydrogen-bond acceptors (Lipinski definition) is 4. The van der Waals surface area contributed by atoms with Crippen LogP contribution in [0.15, 0.2) is 60.0 Å². The molecule has 0 atom stereocenters. The maximum atomic E-state index is 12.2. The maximum Gasteiger partial charge on any atom is 0.234 e. The molecule has 0 aliphatic carbocycles. The van der Waals surface area contributed by atoms with E-state index in [1.165, 1.54) is 11.8 Å². The van der Waals surface area contributed by atoms with Crippen LogP contribution in [0.2, 0.25) is 5.02 Å². The van der Waals surface area contributed by atoms with Gasteiger partial charge in [0.15, 0.2) is 5.16 Å². The largest absolute Gasteiger partial charge is 0.325 e. The van der Waals surface area contributed by atoms with Gasteiger partial charge in [-0.1, -0.05) is 35.5 Å². The van der Waals surface area contributed by atoms with Gasteiger partial charge in [0.25, 0.3) is 0 Å². The Morgan fingerprint density at radius 1 is 1.35 bits per heavy atom. The summed E-state index contributed by atoms with van der Waals surface area (Å²) >= 11 is 7.53. The van der Waals surface area contributed by atoms with Gasteiger partial charge in [-0.15, -0.1) is 0 Å². The van der Waals surface area contributed by atoms with E-state index in [0.29, 0.717) is 21.4 Å². The molecule has 0 aliphatic heterocycles. The number of imidazole rings is 1. The lowest BCUT2D eigenvalue weighted by molar-refractivity contribution is -0.113. The van der Waals surface area contributed by atoms with E-state index in [4.69, 9.17) is 16.9 Å². The van der Waals surface area contributed by atoms with Gasteiger partial charge < -0.3 is 5.32 Å². The van der Waals surface area contributed by atoms with E-state index in [-0.39, 0.29) is 11.7 Å². The fraction of sp³-hybridized carbons (Fsp3) is 0.105. The summed E-state index contributed by atoms with van der Waals surface area (Å²) in [4.78, 5) is 16.5. The number of nitrogens with zero attached hydrogens (tertiary/aromatic N) is 3. The van der Waals surface area contributed by atoms with E-state index in [2.05, 4.69) is 10.3 Å². The Balaban J connectivity index is 1.69. The fourth-order valence-corrected chi connectivity index (χ4v) is 3.37. The Bertz CT molecular complexity index is 993. The molecule has 3 rings (SSSR count). The van der Waals surface area contributed by atoms with Gasteiger partial charge in [0.2, 0.25) is 5.91 Å². The molecule has 3 aromatic rings. The highest BCUT2D eigenvalue weighted by atomic mass is 35.5. The molecular formula is C19H15ClN4OS. The molecule has 1 N–H and O–H groups in total. The van der Waals surface area contributed by atoms with Crippen LogP contribution in [-0.2, 0) is 4.79 Å². The summed E-state index contributed by atoms with van der Waals surface area (Å²) in [6.07, 6.45) is 3.53. The van der Waals surface area contributed by atoms with Crippen molar-refractivity contribution in [2.75, 3.05) is 11.1 Å². The molecule has 1 aromatic heterocycles. The van der Waals surface area contributed by atoms with Gasteiger partial charge in [-0.3, -0.25) is 9.36 Å². The Morgan fingerprint density at radius 3 is 2.96 bits per heavy atom. The Kier molecular flexibility index (Phi) is 5.61. The lowest BCUT2D eigenvalue weighted by Crippen LogP contribution is -2.14. The Morgan fingerprint density at radius 2 is 2.15 bits per heavy atom. The molecule has 26 heavy (non-hydrogen) atoms. The van der Waals surface area contributed by atoms with Crippen molar-refractivity contribution in [3.63, 3.8) is 0 Å². The lowest BCUT2D eigenvalue weighted by atomic mass is 10.2. The lowest BCUT2D eigenvalue weighted by Gasteiger charge is -2.11. The van der Waals surface area contributed by atoms with Crippen LogP contribution in [0.4, 0.5) is 5.69 Å². The van der Waals surface area contributed by atoms with E-state index in [1.807, 2.05) is 42.0 Å². The quantitative estimate of drug-likeness (QED) is 0.662. The second-order valence-corrected chi connectivity index (χ2v) is 6.84. The van der Waals surface area contributed by atoms with E-state index in [1.54, 1.807) is 30.5 Å². The molecule has 2 aromatic carbocycles. The number of amides is 1. The Hall–Kier alpha value is -2.75. The van der Waals surface area contributed by atoms with Crippen molar-refractivity contribution in [1.82, 2.24) is 9.55 Å². The highest BCUT2D eigenvalue weighted by molar-refractivity contribution is 7.99. The minimum Gasteiger partial charge on any atom is -0.325 e. The second-order valence-electron chi connectivity index (χ2n) is 5.49. The first-order chi connectivity index (χ1) is 12.6. The molecule has 1 amide bonds. The molecule has 5 nitrogen and oxygen atoms in total. The molecule has 130 valence electrons. The normalized spacial score (nSPS) is 10.3. The molecule has 0 fully saturated rings. The number of carbonyl (C=O) groups excluding carboxylic acids is 1. The number of halogens is 1. The van der Waals surface area contributed by atoms with Gasteiger partial charge in [-0.2, -0.15) is 5.26 Å². The van der Waals surface area contributed by atoms with Gasteiger partial charge in [-0.05, 0) is 42.8 Å². The Labute approximate surface area is 160 Å². The van der Waals surface area contributed by atoms with Crippen LogP contribution in [-0.4, -0.2) is 21.2 Å². The number of hydrogen-bond donors (Lipinski definition) is 1. The maximum absolute atomic E-state index is 12.2. The first-order valence-corrected chi connectivity index (χ1v) is 9.16. The van der Waals surface area contributed by atoms with E-state index < -0.39 is 0 Å². The minimum atomic E-state index is -0.164. The highest BCUT2D eigenvalue weighted by Crippen LogP contribution is 2.26. The predicted octanol–water partition coefficient (Wildman–Crippen LogP) is 4.44. The van der Waals surface area contributed by atoms with E-state index >= 15 is 0 Å². The predicted molar refractivity (Wildman–Crippen MR) is 104 cm³/mol. The number of nitrogens with one attached hydrogen (secondary N) is 1. The van der Waals surface area contributed by atoms with Gasteiger partial charge in [0.05, 0.1) is 23.1 Å². The summed E-state index contributed by atoms with van der Waals surface area (Å²) in [6.45, 7) is 1.95. The van der Waals surface area contributed by atoms with Gasteiger partial charge in [0, 0.05) is 23.1 Å². The van der Waals surface area contributed by atoms with Crippen molar-refractivity contribution in [2.45, 2.75) is 12.1 Å². The summed E-state index contributed by atoms with van der Waals surface area (Å²) < 4.78 is 1.91. The second kappa shape index (κ2) is 8.09. The summed E-state index contributed by atoms with van der Waals surface area (Å²) in [6, 6.07) is 14.5. The third-order valence-electron chi connectivity index (χ3n) is 3.71. The summed E-state index contributed by atoms with van der Waals surface area (Å²) in [5, 5.41) is 13.1. The molecular weight excluding hydrogens is 368 g/mol. The van der Waals surface area contributed by atoms with Gasteiger partial charge in [-0.25, -0.2) is 4.98 Å². The van der Waals surface area contributed by atoms with Crippen LogP contribution < -0.4 is 5.32 Å². The van der Waals surface area contributed by atoms with Crippen molar-refractivity contribution in [3.8, 4) is 11.8 Å². The van der Waals surface area contributed by atoms with Crippen LogP contribution in [0, 0.1) is 18.3 Å². The first-order valence-electron chi connectivity index (χ1n) is 7.80. The third kappa shape index (κ3) is 4.07. The van der Waals surface area contributed by atoms with E-state index in [0.717, 1.165) is 11.3 Å². The van der Waals surface area contributed by atoms with Crippen LogP contribution in [0.1, 0.15) is 11.1 Å². The number of rotatable bonds is 5. The minimum absolute atomic E-state index is 0.164. The molecule has 0 bridgehead atoms. The van der Waals surface area contributed by atoms with Crippen molar-refractivity contribution < 1.29 is 4.79 Å². The average Bonchev–Trinajstić information content (AvgIpc) is 3.11. The molecule has 1 heterocycles. The number of benzene rings is 2. The molecule has 0 saturated heterocycles. The molecule has 0 spiro atoms. The van der Waals surface area contributed by atoms with Crippen molar-refractivity contribution in [2.24, 2.45) is 0 Å². The number of thioether (sulfide) groups is 1. The van der Waals surface area contributed by atoms with Crippen LogP contribution in [0.3, 0.4) is 0 Å². The summed E-state index contributed by atoms with van der Waals surface area (Å²) in [5.74, 6) is 0.0374. The summed E-state index contributed by atoms with van der Waals surface area (Å²) in [5.41, 5.74) is 2.98. The zero-order valence-electron chi connectivity index (χ0n) is 13.9. The van der Waals surface area contributed by atoms with Crippen molar-refractivity contribution in [3.05, 3.63) is 71.0 Å². The first kappa shape index (κ1) is 18.1. The monoisotopic (exact) mass is 382 g/mol. The van der Waals surface area contributed by atoms with Crippen LogP contribution in [0.5, 0.6) is 0 Å². The molecule has 0 saturated carbocycles. The topological polar surface area (TPSA) is 70.7 Å². The third-order valence-corrected chi connectivity index (χ3v) is 5.09. The van der Waals surface area contributed by atoms with Crippen LogP contribution >= 0.6 is 23.4 Å². The number of anilines is 1. The fourth-order valence-electron chi connectivity index (χ4n) is 2.43. The summed E-state index contributed by atoms with van der Waals surface area (Å²) in [7, 11) is 0. The van der Waals surface area contributed by atoms with Gasteiger partial charge in [0.1, 0.15) is 0 Å². The van der Waals surface area contributed by atoms with Crippen LogP contribution in [0.25, 0.3) is 5.69 Å². The zero-order chi connectivity index (χ0) is 18.5. The molecule has 0 unspecified atom stereocenters. The molecule has 0 aliphatic rings. The molecule has 7 heteroatoms. The average molecular weight is 383 g/mol. The zero-order valence-corrected chi connectivity index (χ0v) is 15.5. The van der Waals surface area contributed by atoms with Gasteiger partial charge >= 0.3 is 0 Å². The number of aromatic nitrogens is 2. The SMILES string of the molecule is Cc1c(Cl)cccc1-n1ccnc1SCC(=O)Nc1cccc(C#N)c1. The molecule has 0 radical (unpaired) electrons. The van der Waals surface area contributed by atoms with Crippen molar-refractivity contribution in [1.29, 1.82) is 5.26 Å². The smallest absolute Gasteiger partial charge is 0.234 e. The van der Waals surface area contributed by atoms with E-state index in [9.17, 15) is 4.79 Å². The number of nitriles is 1. The highest BCUT2D eigenvalue weighted by Gasteiger charge is 2.12. The van der Waals surface area contributed by atoms with Crippen molar-refractivity contribution >= 4 is 35.0 Å². The number of carbonyl (C=O) groups is 1. The standard InChI is InChI=1S/C19H15ClN4OS/c1-13-16(20)6-3-7-17(13)24-9-8-22-19(24)26-12-18(25)23-15-5-2-4-14(10-15)11-21/h2-10H,12H2,1H3,(H,23,25).